The molecule has 1 aromatic rings. The Morgan fingerprint density at radius 2 is 2.42 bits per heavy atom. The largest absolute Gasteiger partial charge is 0.347 e. The molecule has 1 aliphatic rings. The molecule has 2 heterocycles. The van der Waals surface area contributed by atoms with Gasteiger partial charge in [0.05, 0.1) is 17.2 Å². The Balaban J connectivity index is 2.03. The van der Waals surface area contributed by atoms with Crippen LogP contribution in [0.5, 0.6) is 0 Å². The Labute approximate surface area is 115 Å². The highest BCUT2D eigenvalue weighted by atomic mass is 16.2. The van der Waals surface area contributed by atoms with Gasteiger partial charge in [0.15, 0.2) is 0 Å². The van der Waals surface area contributed by atoms with Crippen LogP contribution < -0.4 is 10.6 Å². The van der Waals surface area contributed by atoms with Crippen LogP contribution in [-0.2, 0) is 4.79 Å². The van der Waals surface area contributed by atoms with Crippen LogP contribution in [0.1, 0.15) is 44.8 Å². The SMILES string of the molecule is CCC1(C(=O)N[C@H](C)c2ccccn2)CCCNC1. The van der Waals surface area contributed by atoms with E-state index in [9.17, 15) is 4.79 Å². The summed E-state index contributed by atoms with van der Waals surface area (Å²) < 4.78 is 0. The van der Waals surface area contributed by atoms with Gasteiger partial charge in [0, 0.05) is 12.7 Å². The Hall–Kier alpha value is -1.42. The van der Waals surface area contributed by atoms with Crippen molar-refractivity contribution in [1.29, 1.82) is 0 Å². The average Bonchev–Trinajstić information content (AvgIpc) is 2.48. The number of carbonyl (C=O) groups excluding carboxylic acids is 1. The van der Waals surface area contributed by atoms with Crippen LogP contribution in [0.25, 0.3) is 0 Å². The number of nitrogens with one attached hydrogen (secondary N) is 2. The second-order valence-corrected chi connectivity index (χ2v) is 5.36. The van der Waals surface area contributed by atoms with Crippen molar-refractivity contribution in [2.24, 2.45) is 5.41 Å². The van der Waals surface area contributed by atoms with E-state index < -0.39 is 0 Å². The number of hydrogen-bond donors (Lipinski definition) is 2. The highest BCUT2D eigenvalue weighted by Crippen LogP contribution is 2.31. The molecule has 1 saturated heterocycles. The molecule has 1 fully saturated rings. The average molecular weight is 261 g/mol. The summed E-state index contributed by atoms with van der Waals surface area (Å²) in [4.78, 5) is 16.9. The molecule has 4 heteroatoms. The summed E-state index contributed by atoms with van der Waals surface area (Å²) >= 11 is 0. The fraction of sp³-hybridized carbons (Fsp3) is 0.600. The highest BCUT2D eigenvalue weighted by molar-refractivity contribution is 5.83. The smallest absolute Gasteiger partial charge is 0.228 e. The fourth-order valence-electron chi connectivity index (χ4n) is 2.68. The van der Waals surface area contributed by atoms with Gasteiger partial charge in [-0.25, -0.2) is 0 Å². The Morgan fingerprint density at radius 1 is 1.58 bits per heavy atom. The zero-order chi connectivity index (χ0) is 13.7. The van der Waals surface area contributed by atoms with Gasteiger partial charge in [-0.15, -0.1) is 0 Å². The molecule has 0 radical (unpaired) electrons. The number of amides is 1. The van der Waals surface area contributed by atoms with Crippen LogP contribution >= 0.6 is 0 Å². The van der Waals surface area contributed by atoms with E-state index in [1.165, 1.54) is 0 Å². The maximum Gasteiger partial charge on any atom is 0.228 e. The third-order valence-corrected chi connectivity index (χ3v) is 4.11. The monoisotopic (exact) mass is 261 g/mol. The van der Waals surface area contributed by atoms with Crippen molar-refractivity contribution in [3.8, 4) is 0 Å². The first-order chi connectivity index (χ1) is 9.18. The molecule has 2 rings (SSSR count). The lowest BCUT2D eigenvalue weighted by Crippen LogP contribution is -2.50. The molecule has 0 aliphatic carbocycles. The molecule has 19 heavy (non-hydrogen) atoms. The van der Waals surface area contributed by atoms with Crippen LogP contribution in [-0.4, -0.2) is 24.0 Å². The van der Waals surface area contributed by atoms with Crippen molar-refractivity contribution >= 4 is 5.91 Å². The first-order valence-electron chi connectivity index (χ1n) is 7.10. The number of carbonyl (C=O) groups is 1. The van der Waals surface area contributed by atoms with E-state index in [0.29, 0.717) is 0 Å². The zero-order valence-corrected chi connectivity index (χ0v) is 11.8. The van der Waals surface area contributed by atoms with Crippen LogP contribution in [0.2, 0.25) is 0 Å². The minimum absolute atomic E-state index is 0.0425. The first-order valence-corrected chi connectivity index (χ1v) is 7.10. The van der Waals surface area contributed by atoms with E-state index in [-0.39, 0.29) is 17.4 Å². The van der Waals surface area contributed by atoms with Gasteiger partial charge in [0.25, 0.3) is 0 Å². The lowest BCUT2D eigenvalue weighted by Gasteiger charge is -2.36. The van der Waals surface area contributed by atoms with E-state index >= 15 is 0 Å². The molecule has 0 saturated carbocycles. The van der Waals surface area contributed by atoms with Crippen molar-refractivity contribution in [3.63, 3.8) is 0 Å². The maximum atomic E-state index is 12.6. The summed E-state index contributed by atoms with van der Waals surface area (Å²) in [5.41, 5.74) is 0.659. The molecule has 2 atom stereocenters. The highest BCUT2D eigenvalue weighted by Gasteiger charge is 2.38. The van der Waals surface area contributed by atoms with Gasteiger partial charge in [0.2, 0.25) is 5.91 Å². The molecule has 4 nitrogen and oxygen atoms in total. The van der Waals surface area contributed by atoms with E-state index in [1.807, 2.05) is 25.1 Å². The molecule has 1 amide bonds. The predicted octanol–water partition coefficient (Wildman–Crippen LogP) is 2.04. The van der Waals surface area contributed by atoms with Crippen LogP contribution in [0.15, 0.2) is 24.4 Å². The second kappa shape index (κ2) is 6.15. The van der Waals surface area contributed by atoms with Gasteiger partial charge in [-0.2, -0.15) is 0 Å². The van der Waals surface area contributed by atoms with Crippen molar-refractivity contribution in [3.05, 3.63) is 30.1 Å². The summed E-state index contributed by atoms with van der Waals surface area (Å²) in [6.07, 6.45) is 4.67. The van der Waals surface area contributed by atoms with Gasteiger partial charge >= 0.3 is 0 Å². The van der Waals surface area contributed by atoms with Gasteiger partial charge in [-0.1, -0.05) is 13.0 Å². The van der Waals surface area contributed by atoms with Gasteiger partial charge in [-0.3, -0.25) is 9.78 Å². The minimum atomic E-state index is -0.249. The lowest BCUT2D eigenvalue weighted by atomic mass is 9.77. The van der Waals surface area contributed by atoms with E-state index in [0.717, 1.165) is 38.0 Å². The molecule has 1 unspecified atom stereocenters. The normalized spacial score (nSPS) is 24.7. The molecular weight excluding hydrogens is 238 g/mol. The maximum absolute atomic E-state index is 12.6. The van der Waals surface area contributed by atoms with E-state index in [1.54, 1.807) is 6.20 Å². The molecule has 1 aliphatic heterocycles. The summed E-state index contributed by atoms with van der Waals surface area (Å²) in [6.45, 7) is 5.88. The zero-order valence-electron chi connectivity index (χ0n) is 11.8. The molecular formula is C15H23N3O. The quantitative estimate of drug-likeness (QED) is 0.872. The van der Waals surface area contributed by atoms with Gasteiger partial charge in [0.1, 0.15) is 0 Å². The number of aromatic nitrogens is 1. The lowest BCUT2D eigenvalue weighted by molar-refractivity contribution is -0.133. The number of pyridine rings is 1. The van der Waals surface area contributed by atoms with E-state index in [4.69, 9.17) is 0 Å². The number of hydrogen-bond acceptors (Lipinski definition) is 3. The molecule has 104 valence electrons. The van der Waals surface area contributed by atoms with E-state index in [2.05, 4.69) is 22.5 Å². The molecule has 1 aromatic heterocycles. The number of rotatable bonds is 4. The standard InChI is InChI=1S/C15H23N3O/c1-3-15(8-6-9-16-11-15)14(19)18-12(2)13-7-4-5-10-17-13/h4-5,7,10,12,16H,3,6,8-9,11H2,1-2H3,(H,18,19)/t12-,15?/m1/s1. The molecule has 0 spiro atoms. The molecule has 2 N–H and O–H groups in total. The molecule has 0 aromatic carbocycles. The molecule has 0 bridgehead atoms. The Morgan fingerprint density at radius 3 is 3.00 bits per heavy atom. The summed E-state index contributed by atoms with van der Waals surface area (Å²) in [5.74, 6) is 0.153. The van der Waals surface area contributed by atoms with Crippen LogP contribution in [0.4, 0.5) is 0 Å². The Kier molecular flexibility index (Phi) is 4.53. The Bertz CT molecular complexity index is 413. The van der Waals surface area contributed by atoms with Crippen molar-refractivity contribution in [2.45, 2.75) is 39.2 Å². The topological polar surface area (TPSA) is 54.0 Å². The van der Waals surface area contributed by atoms with Crippen molar-refractivity contribution in [1.82, 2.24) is 15.6 Å². The summed E-state index contributed by atoms with van der Waals surface area (Å²) in [6, 6.07) is 5.74. The third kappa shape index (κ3) is 3.13. The van der Waals surface area contributed by atoms with Crippen LogP contribution in [0.3, 0.4) is 0 Å². The van der Waals surface area contributed by atoms with Gasteiger partial charge in [-0.05, 0) is 44.9 Å². The third-order valence-electron chi connectivity index (χ3n) is 4.11. The summed E-state index contributed by atoms with van der Waals surface area (Å²) in [7, 11) is 0. The van der Waals surface area contributed by atoms with Crippen LogP contribution in [0, 0.1) is 5.41 Å². The minimum Gasteiger partial charge on any atom is -0.347 e. The second-order valence-electron chi connectivity index (χ2n) is 5.36. The predicted molar refractivity (Wildman–Crippen MR) is 75.6 cm³/mol. The van der Waals surface area contributed by atoms with Gasteiger partial charge < -0.3 is 10.6 Å². The summed E-state index contributed by atoms with van der Waals surface area (Å²) in [5, 5.41) is 6.46. The fourth-order valence-corrected chi connectivity index (χ4v) is 2.68. The first kappa shape index (κ1) is 14.0. The van der Waals surface area contributed by atoms with Crippen molar-refractivity contribution in [2.75, 3.05) is 13.1 Å². The number of piperidine rings is 1. The van der Waals surface area contributed by atoms with Crippen molar-refractivity contribution < 1.29 is 4.79 Å². The number of nitrogens with zero attached hydrogens (tertiary/aromatic N) is 1.